The number of anilines is 1. The first kappa shape index (κ1) is 13.9. The Balaban J connectivity index is 1.78. The lowest BCUT2D eigenvalue weighted by atomic mass is 9.99. The topological polar surface area (TPSA) is 72.9 Å². The summed E-state index contributed by atoms with van der Waals surface area (Å²) >= 11 is 0. The highest BCUT2D eigenvalue weighted by Gasteiger charge is 2.31. The number of likely N-dealkylation sites (N-methyl/N-ethyl adjacent to an activating group) is 1. The van der Waals surface area contributed by atoms with Crippen molar-refractivity contribution in [1.29, 1.82) is 0 Å². The zero-order chi connectivity index (χ0) is 15.0. The summed E-state index contributed by atoms with van der Waals surface area (Å²) in [5.41, 5.74) is 1.92. The van der Waals surface area contributed by atoms with Crippen LogP contribution in [0, 0.1) is 5.92 Å². The highest BCUT2D eigenvalue weighted by atomic mass is 16.4. The molecule has 0 bridgehead atoms. The number of amides is 2. The van der Waals surface area contributed by atoms with Gasteiger partial charge in [0.2, 0.25) is 0 Å². The average molecular weight is 289 g/mol. The van der Waals surface area contributed by atoms with E-state index in [0.29, 0.717) is 19.5 Å². The molecule has 2 aliphatic rings. The summed E-state index contributed by atoms with van der Waals surface area (Å²) in [6.45, 7) is 1.91. The molecule has 2 unspecified atom stereocenters. The molecule has 21 heavy (non-hydrogen) atoms. The summed E-state index contributed by atoms with van der Waals surface area (Å²) in [5, 5.41) is 12.3. The number of nitrogens with one attached hydrogen (secondary N) is 1. The normalized spacial score (nSPS) is 25.7. The zero-order valence-corrected chi connectivity index (χ0v) is 12.0. The van der Waals surface area contributed by atoms with E-state index in [4.69, 9.17) is 5.11 Å². The number of carboxylic acids is 1. The summed E-state index contributed by atoms with van der Waals surface area (Å²) in [5.74, 6) is -1.09. The van der Waals surface area contributed by atoms with E-state index < -0.39 is 5.97 Å². The molecule has 2 saturated heterocycles. The third-order valence-electron chi connectivity index (χ3n) is 4.28. The first-order valence-corrected chi connectivity index (χ1v) is 7.15. The second kappa shape index (κ2) is 5.37. The molecule has 2 atom stereocenters. The molecule has 3 rings (SSSR count). The number of aliphatic carboxylic acids is 1. The van der Waals surface area contributed by atoms with E-state index in [1.54, 1.807) is 16.8 Å². The fraction of sp³-hybridized carbons (Fsp3) is 0.467. The zero-order valence-electron chi connectivity index (χ0n) is 12.0. The molecule has 1 aromatic carbocycles. The third kappa shape index (κ3) is 2.58. The predicted octanol–water partition coefficient (Wildman–Crippen LogP) is 1.29. The van der Waals surface area contributed by atoms with Gasteiger partial charge in [-0.3, -0.25) is 9.69 Å². The van der Waals surface area contributed by atoms with Crippen LogP contribution in [0.25, 0.3) is 0 Å². The summed E-state index contributed by atoms with van der Waals surface area (Å²) < 4.78 is 0. The van der Waals surface area contributed by atoms with Gasteiger partial charge >= 0.3 is 12.0 Å². The van der Waals surface area contributed by atoms with E-state index in [2.05, 4.69) is 5.32 Å². The van der Waals surface area contributed by atoms with Crippen LogP contribution in [0.3, 0.4) is 0 Å². The number of hydrogen-bond acceptors (Lipinski definition) is 3. The third-order valence-corrected chi connectivity index (χ3v) is 4.28. The monoisotopic (exact) mass is 289 g/mol. The van der Waals surface area contributed by atoms with Crippen LogP contribution in [-0.2, 0) is 4.79 Å². The molecule has 0 spiro atoms. The van der Waals surface area contributed by atoms with Gasteiger partial charge in [0.1, 0.15) is 0 Å². The van der Waals surface area contributed by atoms with Crippen LogP contribution < -0.4 is 10.2 Å². The van der Waals surface area contributed by atoms with Crippen molar-refractivity contribution < 1.29 is 14.7 Å². The number of rotatable bonds is 3. The molecule has 1 aromatic rings. The number of urea groups is 1. The van der Waals surface area contributed by atoms with E-state index in [0.717, 1.165) is 17.8 Å². The highest BCUT2D eigenvalue weighted by Crippen LogP contribution is 2.30. The van der Waals surface area contributed by atoms with Gasteiger partial charge in [-0.25, -0.2) is 4.79 Å². The Kier molecular flexibility index (Phi) is 3.55. The summed E-state index contributed by atoms with van der Waals surface area (Å²) in [6, 6.07) is 7.86. The largest absolute Gasteiger partial charge is 0.481 e. The number of carbonyl (C=O) groups is 2. The average Bonchev–Trinajstić information content (AvgIpc) is 3.08. The number of nitrogens with zero attached hydrogens (tertiary/aromatic N) is 2. The van der Waals surface area contributed by atoms with Gasteiger partial charge in [0.25, 0.3) is 0 Å². The van der Waals surface area contributed by atoms with Crippen LogP contribution >= 0.6 is 0 Å². The number of benzene rings is 1. The number of carboxylic acid groups (broad SMARTS) is 1. The van der Waals surface area contributed by atoms with E-state index in [-0.39, 0.29) is 18.0 Å². The molecule has 2 heterocycles. The molecule has 0 aliphatic carbocycles. The molecule has 2 fully saturated rings. The van der Waals surface area contributed by atoms with E-state index in [1.165, 1.54) is 0 Å². The summed E-state index contributed by atoms with van der Waals surface area (Å²) in [6.07, 6.45) is 0.590. The summed E-state index contributed by atoms with van der Waals surface area (Å²) in [4.78, 5) is 26.5. The fourth-order valence-electron chi connectivity index (χ4n) is 2.97. The van der Waals surface area contributed by atoms with Crippen molar-refractivity contribution in [2.45, 2.75) is 12.5 Å². The van der Waals surface area contributed by atoms with Crippen LogP contribution in [0.2, 0.25) is 0 Å². The van der Waals surface area contributed by atoms with Crippen molar-refractivity contribution in [2.75, 3.05) is 31.6 Å². The van der Waals surface area contributed by atoms with Gasteiger partial charge < -0.3 is 15.3 Å². The predicted molar refractivity (Wildman–Crippen MR) is 78.3 cm³/mol. The minimum absolute atomic E-state index is 0.00921. The van der Waals surface area contributed by atoms with Crippen molar-refractivity contribution in [3.8, 4) is 0 Å². The van der Waals surface area contributed by atoms with Gasteiger partial charge in [-0.1, -0.05) is 12.1 Å². The standard InChI is InChI=1S/C15H19N3O3/c1-17-5-6-18(15(17)21)12-4-2-3-10(7-12)13-8-11(9-16-13)14(19)20/h2-4,7,11,13,16H,5-6,8-9H2,1H3,(H,19,20). The van der Waals surface area contributed by atoms with Gasteiger partial charge in [0, 0.05) is 38.4 Å². The Morgan fingerprint density at radius 3 is 2.81 bits per heavy atom. The van der Waals surface area contributed by atoms with Crippen LogP contribution in [0.1, 0.15) is 18.0 Å². The second-order valence-electron chi connectivity index (χ2n) is 5.68. The number of hydrogen-bond donors (Lipinski definition) is 2. The Labute approximate surface area is 123 Å². The summed E-state index contributed by atoms with van der Waals surface area (Å²) in [7, 11) is 1.79. The van der Waals surface area contributed by atoms with Crippen LogP contribution in [0.4, 0.5) is 10.5 Å². The SMILES string of the molecule is CN1CCN(c2cccc(C3CC(C(=O)O)CN3)c2)C1=O. The second-order valence-corrected chi connectivity index (χ2v) is 5.68. The molecular formula is C15H19N3O3. The minimum atomic E-state index is -0.752. The molecule has 2 N–H and O–H groups in total. The maximum Gasteiger partial charge on any atom is 0.324 e. The Morgan fingerprint density at radius 1 is 1.38 bits per heavy atom. The Morgan fingerprint density at radius 2 is 2.19 bits per heavy atom. The molecular weight excluding hydrogens is 270 g/mol. The molecule has 0 radical (unpaired) electrons. The Bertz CT molecular complexity index is 575. The maximum absolute atomic E-state index is 12.0. The maximum atomic E-state index is 12.0. The first-order valence-electron chi connectivity index (χ1n) is 7.15. The van der Waals surface area contributed by atoms with Gasteiger partial charge in [-0.15, -0.1) is 0 Å². The van der Waals surface area contributed by atoms with Gasteiger partial charge in [-0.2, -0.15) is 0 Å². The highest BCUT2D eigenvalue weighted by molar-refractivity contribution is 5.94. The quantitative estimate of drug-likeness (QED) is 0.879. The molecule has 2 aliphatic heterocycles. The van der Waals surface area contributed by atoms with Crippen molar-refractivity contribution in [2.24, 2.45) is 5.92 Å². The van der Waals surface area contributed by atoms with Gasteiger partial charge in [0.05, 0.1) is 5.92 Å². The lowest BCUT2D eigenvalue weighted by Gasteiger charge is -2.18. The van der Waals surface area contributed by atoms with Crippen molar-refractivity contribution in [1.82, 2.24) is 10.2 Å². The van der Waals surface area contributed by atoms with Crippen molar-refractivity contribution in [3.05, 3.63) is 29.8 Å². The van der Waals surface area contributed by atoms with E-state index in [9.17, 15) is 9.59 Å². The molecule has 0 aromatic heterocycles. The molecule has 6 nitrogen and oxygen atoms in total. The van der Waals surface area contributed by atoms with Crippen LogP contribution in [0.5, 0.6) is 0 Å². The molecule has 112 valence electrons. The van der Waals surface area contributed by atoms with Crippen LogP contribution in [0.15, 0.2) is 24.3 Å². The number of carbonyl (C=O) groups excluding carboxylic acids is 1. The van der Waals surface area contributed by atoms with E-state index in [1.807, 2.05) is 24.3 Å². The van der Waals surface area contributed by atoms with Crippen molar-refractivity contribution >= 4 is 17.7 Å². The van der Waals surface area contributed by atoms with Gasteiger partial charge in [0.15, 0.2) is 0 Å². The van der Waals surface area contributed by atoms with Crippen LogP contribution in [-0.4, -0.2) is 48.7 Å². The molecule has 2 amide bonds. The van der Waals surface area contributed by atoms with Crippen molar-refractivity contribution in [3.63, 3.8) is 0 Å². The molecule has 6 heteroatoms. The lowest BCUT2D eigenvalue weighted by molar-refractivity contribution is -0.141. The first-order chi connectivity index (χ1) is 10.1. The van der Waals surface area contributed by atoms with E-state index >= 15 is 0 Å². The lowest BCUT2D eigenvalue weighted by Crippen LogP contribution is -2.29. The minimum Gasteiger partial charge on any atom is -0.481 e. The fourth-order valence-corrected chi connectivity index (χ4v) is 2.97. The van der Waals surface area contributed by atoms with Gasteiger partial charge in [-0.05, 0) is 24.1 Å². The smallest absolute Gasteiger partial charge is 0.324 e. The molecule has 0 saturated carbocycles. The Hall–Kier alpha value is -2.08.